The first-order chi connectivity index (χ1) is 9.37. The van der Waals surface area contributed by atoms with Crippen molar-refractivity contribution in [2.24, 2.45) is 0 Å². The van der Waals surface area contributed by atoms with Crippen molar-refractivity contribution in [3.63, 3.8) is 0 Å². The van der Waals surface area contributed by atoms with Gasteiger partial charge in [0.25, 0.3) is 0 Å². The molecule has 0 aliphatic carbocycles. The van der Waals surface area contributed by atoms with Gasteiger partial charge in [-0.25, -0.2) is 9.13 Å². The lowest BCUT2D eigenvalue weighted by Gasteiger charge is -2.22. The minimum Gasteiger partial charge on any atom is -0.401 e. The molecule has 0 aromatic heterocycles. The third-order valence-corrected chi connectivity index (χ3v) is 4.48. The minimum atomic E-state index is -5.52. The molecule has 0 heterocycles. The number of phosphoric acid groups is 2. The van der Waals surface area contributed by atoms with Gasteiger partial charge in [0.1, 0.15) is 0 Å². The lowest BCUT2D eigenvalue weighted by molar-refractivity contribution is 0.164. The fourth-order valence-corrected chi connectivity index (χ4v) is 3.33. The van der Waals surface area contributed by atoms with Gasteiger partial charge in [-0.15, -0.1) is 0 Å². The van der Waals surface area contributed by atoms with Crippen molar-refractivity contribution in [3.05, 3.63) is 0 Å². The van der Waals surface area contributed by atoms with Crippen LogP contribution in [0, 0.1) is 0 Å². The zero-order valence-corrected chi connectivity index (χ0v) is 11.4. The fraction of sp³-hybridized carbons (Fsp3) is 0. The van der Waals surface area contributed by atoms with Gasteiger partial charge in [-0.3, -0.25) is 17.8 Å². The molecule has 0 bridgehead atoms. The summed E-state index contributed by atoms with van der Waals surface area (Å²) in [5.74, 6) is 0. The Morgan fingerprint density at radius 1 is 0.524 bits per heavy atom. The molecule has 0 aromatic rings. The highest BCUT2D eigenvalue weighted by Gasteiger charge is 2.48. The molecule has 0 atom stereocenters. The molecule has 0 fully saturated rings. The van der Waals surface area contributed by atoms with Gasteiger partial charge >= 0.3 is 44.9 Å². The summed E-state index contributed by atoms with van der Waals surface area (Å²) in [5, 5.41) is 67.4. The van der Waals surface area contributed by atoms with Crippen molar-refractivity contribution >= 4 is 44.9 Å². The van der Waals surface area contributed by atoms with Crippen LogP contribution in [0.25, 0.3) is 0 Å². The van der Waals surface area contributed by atoms with E-state index in [0.717, 1.165) is 0 Å². The molecule has 0 unspecified atom stereocenters. The highest BCUT2D eigenvalue weighted by molar-refractivity contribution is 7.64. The molecule has 8 N–H and O–H groups in total. The number of hydrogen-bond acceptors (Lipinski definition) is 15. The lowest BCUT2D eigenvalue weighted by Crippen LogP contribution is -2.25. The van der Waals surface area contributed by atoms with Gasteiger partial charge in [-0.05, 0) is 0 Å². The summed E-state index contributed by atoms with van der Waals surface area (Å²) in [5.41, 5.74) is 0. The summed E-state index contributed by atoms with van der Waals surface area (Å²) in [6, 6.07) is 0. The third kappa shape index (κ3) is 9.75. The highest BCUT2D eigenvalue weighted by atomic mass is 31.3. The van der Waals surface area contributed by atoms with Gasteiger partial charge in [0.15, 0.2) is 0 Å². The molecule has 0 saturated heterocycles. The average Bonchev–Trinajstić information content (AvgIpc) is 2.07. The topological polar surface area (TPSA) is 242 Å². The SMILES string of the molecule is O=P(OB(O)O)(OB(O)O)OP(=O)(OB(O)O)OB(O)O. The van der Waals surface area contributed by atoms with Gasteiger partial charge in [0.2, 0.25) is 0 Å². The first kappa shape index (κ1) is 21.2. The first-order valence-electron chi connectivity index (χ1n) is 4.47. The smallest absolute Gasteiger partial charge is 0.401 e. The summed E-state index contributed by atoms with van der Waals surface area (Å²) in [7, 11) is -22.7. The molecule has 0 radical (unpaired) electrons. The molecule has 21 heavy (non-hydrogen) atoms. The molecule has 0 aliphatic heterocycles. The van der Waals surface area contributed by atoms with Gasteiger partial charge in [-0.1, -0.05) is 0 Å². The van der Waals surface area contributed by atoms with Crippen molar-refractivity contribution in [1.29, 1.82) is 0 Å². The standard InChI is InChI=1S/B4H8O15P2/c5-1(6)15-20(13,16-2(7)8)19-21(14,17-3(9)10)18-4(11)12/h5-12H. The van der Waals surface area contributed by atoms with Crippen molar-refractivity contribution in [2.45, 2.75) is 0 Å². The van der Waals surface area contributed by atoms with Crippen LogP contribution in [0.15, 0.2) is 0 Å². The molecule has 0 aliphatic rings. The van der Waals surface area contributed by atoms with Gasteiger partial charge < -0.3 is 40.2 Å². The molecule has 0 amide bonds. The zero-order chi connectivity index (χ0) is 16.8. The van der Waals surface area contributed by atoms with Gasteiger partial charge in [-0.2, -0.15) is 4.31 Å². The Labute approximate surface area is 117 Å². The second-order valence-corrected chi connectivity index (χ2v) is 5.99. The summed E-state index contributed by atoms with van der Waals surface area (Å²) < 4.78 is 41.7. The van der Waals surface area contributed by atoms with E-state index >= 15 is 0 Å². The molecular formula is H8B4O15P2. The molecular weight excluding hydrogens is 345 g/mol. The second kappa shape index (κ2) is 8.73. The predicted octanol–water partition coefficient (Wildman–Crippen LogP) is -4.84. The van der Waals surface area contributed by atoms with Crippen LogP contribution in [-0.4, -0.2) is 69.5 Å². The van der Waals surface area contributed by atoms with E-state index in [1.807, 2.05) is 0 Å². The van der Waals surface area contributed by atoms with Crippen LogP contribution in [0.3, 0.4) is 0 Å². The van der Waals surface area contributed by atoms with E-state index < -0.39 is 44.9 Å². The van der Waals surface area contributed by atoms with Crippen molar-refractivity contribution < 1.29 is 71.4 Å². The zero-order valence-electron chi connectivity index (χ0n) is 9.64. The summed E-state index contributed by atoms with van der Waals surface area (Å²) in [6.45, 7) is 0. The molecule has 120 valence electrons. The summed E-state index contributed by atoms with van der Waals surface area (Å²) >= 11 is 0. The van der Waals surface area contributed by atoms with E-state index in [4.69, 9.17) is 40.2 Å². The maximum absolute atomic E-state index is 11.6. The molecule has 15 nitrogen and oxygen atoms in total. The summed E-state index contributed by atoms with van der Waals surface area (Å²) in [6.07, 6.45) is 0. The van der Waals surface area contributed by atoms with Crippen LogP contribution in [0.4, 0.5) is 0 Å². The van der Waals surface area contributed by atoms with Crippen molar-refractivity contribution in [3.8, 4) is 0 Å². The van der Waals surface area contributed by atoms with Crippen LogP contribution >= 0.6 is 15.6 Å². The Kier molecular flexibility index (Phi) is 8.82. The predicted molar refractivity (Wildman–Crippen MR) is 61.4 cm³/mol. The van der Waals surface area contributed by atoms with Crippen molar-refractivity contribution in [2.75, 3.05) is 0 Å². The largest absolute Gasteiger partial charge is 0.642 e. The summed E-state index contributed by atoms with van der Waals surface area (Å²) in [4.78, 5) is 0. The minimum absolute atomic E-state index is 2.92. The molecule has 0 saturated carbocycles. The number of hydrogen-bond donors (Lipinski definition) is 8. The Morgan fingerprint density at radius 3 is 0.857 bits per heavy atom. The quantitative estimate of drug-likeness (QED) is 0.135. The van der Waals surface area contributed by atoms with Crippen LogP contribution < -0.4 is 0 Å². The van der Waals surface area contributed by atoms with Crippen LogP contribution in [0.5, 0.6) is 0 Å². The van der Waals surface area contributed by atoms with E-state index in [1.165, 1.54) is 0 Å². The monoisotopic (exact) mass is 354 g/mol. The van der Waals surface area contributed by atoms with Crippen LogP contribution in [0.1, 0.15) is 0 Å². The van der Waals surface area contributed by atoms with Gasteiger partial charge in [0.05, 0.1) is 0 Å². The Bertz CT molecular complexity index is 325. The second-order valence-electron chi connectivity index (χ2n) is 2.70. The third-order valence-electron chi connectivity index (χ3n) is 1.09. The average molecular weight is 353 g/mol. The molecule has 21 heteroatoms. The highest BCUT2D eigenvalue weighted by Crippen LogP contribution is 2.66. The van der Waals surface area contributed by atoms with Crippen LogP contribution in [0.2, 0.25) is 0 Å². The van der Waals surface area contributed by atoms with E-state index in [1.54, 1.807) is 0 Å². The molecule has 0 rings (SSSR count). The Morgan fingerprint density at radius 2 is 0.714 bits per heavy atom. The normalized spacial score (nSPS) is 12.2. The number of rotatable bonds is 10. The van der Waals surface area contributed by atoms with Gasteiger partial charge in [0, 0.05) is 0 Å². The van der Waals surface area contributed by atoms with E-state index in [-0.39, 0.29) is 0 Å². The maximum Gasteiger partial charge on any atom is 0.642 e. The Balaban J connectivity index is 5.29. The lowest BCUT2D eigenvalue weighted by atomic mass is 10.3. The van der Waals surface area contributed by atoms with E-state index in [0.29, 0.717) is 0 Å². The maximum atomic E-state index is 11.6. The van der Waals surface area contributed by atoms with Crippen molar-refractivity contribution in [1.82, 2.24) is 0 Å². The van der Waals surface area contributed by atoms with E-state index in [9.17, 15) is 9.13 Å². The Hall–Kier alpha value is 0.200. The molecule has 0 spiro atoms. The van der Waals surface area contributed by atoms with Crippen LogP contribution in [-0.2, 0) is 31.2 Å². The molecule has 0 aromatic carbocycles. The van der Waals surface area contributed by atoms with E-state index in [2.05, 4.69) is 22.1 Å². The fourth-order valence-electron chi connectivity index (χ4n) is 0.711. The first-order valence-corrected chi connectivity index (χ1v) is 7.39.